The maximum absolute atomic E-state index is 14.7. The highest BCUT2D eigenvalue weighted by atomic mass is 16.5. The Morgan fingerprint density at radius 3 is 2.56 bits per heavy atom. The molecule has 2 aromatic carbocycles. The molecule has 0 radical (unpaired) electrons. The second kappa shape index (κ2) is 16.6. The van der Waals surface area contributed by atoms with Crippen LogP contribution in [0.1, 0.15) is 77.6 Å². The Kier molecular flexibility index (Phi) is 11.5. The Labute approximate surface area is 317 Å². The molecule has 3 aliphatic heterocycles. The molecule has 7 rings (SSSR count). The lowest BCUT2D eigenvalue weighted by molar-refractivity contribution is -0.150. The van der Waals surface area contributed by atoms with Crippen LogP contribution in [-0.4, -0.2) is 89.5 Å². The van der Waals surface area contributed by atoms with Gasteiger partial charge in [0.15, 0.2) is 0 Å². The molecule has 1 N–H and O–H groups in total. The third-order valence-electron chi connectivity index (χ3n) is 11.5. The standard InChI is InChI=1S/C43H52N4O7/c1-3-53-42(51)43-27-31(43)18-12-6-4-5-9-17-30(23-39(48)46-21-13-8-14-22-46)41(50)47-28-33(25-37(47)40(49)45-43)54-38-26-35(29-15-10-7-11-16-29)44-36-24-32(52-2)19-20-34(36)38/h7,10-12,15-16,18-20,24,26,30-31,33,37H,3-6,8-9,13-14,17,21-23,25,27-28H2,1-2H3,(H,45,49)/b18-12-/t30-,31?,33+,37-,43?/m0/s1. The molecule has 0 spiro atoms. The number of carbonyl (C=O) groups is 4. The van der Waals surface area contributed by atoms with Gasteiger partial charge in [-0.2, -0.15) is 0 Å². The quantitative estimate of drug-likeness (QED) is 0.213. The molecule has 0 bridgehead atoms. The van der Waals surface area contributed by atoms with Gasteiger partial charge in [-0.3, -0.25) is 14.4 Å². The maximum atomic E-state index is 14.7. The number of fused-ring (bicyclic) bond motifs is 3. The van der Waals surface area contributed by atoms with Gasteiger partial charge in [0.05, 0.1) is 31.5 Å². The van der Waals surface area contributed by atoms with Crippen molar-refractivity contribution in [2.45, 2.75) is 95.2 Å². The van der Waals surface area contributed by atoms with Crippen LogP contribution in [0.2, 0.25) is 0 Å². The van der Waals surface area contributed by atoms with Crippen molar-refractivity contribution in [3.05, 3.63) is 66.7 Å². The first-order chi connectivity index (χ1) is 26.3. The molecular formula is C43H52N4O7. The van der Waals surface area contributed by atoms with E-state index < -0.39 is 35.5 Å². The van der Waals surface area contributed by atoms with Crippen molar-refractivity contribution >= 4 is 34.6 Å². The first-order valence-corrected chi connectivity index (χ1v) is 19.7. The molecule has 1 saturated carbocycles. The average Bonchev–Trinajstić information content (AvgIpc) is 3.73. The van der Waals surface area contributed by atoms with Gasteiger partial charge in [0.2, 0.25) is 17.7 Å². The second-order valence-electron chi connectivity index (χ2n) is 15.1. The van der Waals surface area contributed by atoms with E-state index in [1.165, 1.54) is 0 Å². The van der Waals surface area contributed by atoms with Crippen molar-refractivity contribution < 1.29 is 33.4 Å². The Bertz CT molecular complexity index is 1880. The summed E-state index contributed by atoms with van der Waals surface area (Å²) in [6.45, 7) is 3.53. The summed E-state index contributed by atoms with van der Waals surface area (Å²) in [4.78, 5) is 64.6. The number of rotatable bonds is 8. The molecule has 3 aromatic rings. The summed E-state index contributed by atoms with van der Waals surface area (Å²) >= 11 is 0. The van der Waals surface area contributed by atoms with E-state index in [1.807, 2.05) is 65.6 Å². The minimum absolute atomic E-state index is 0.00360. The molecule has 5 atom stereocenters. The van der Waals surface area contributed by atoms with Crippen molar-refractivity contribution in [1.29, 1.82) is 0 Å². The number of pyridine rings is 1. The van der Waals surface area contributed by atoms with E-state index in [9.17, 15) is 19.2 Å². The van der Waals surface area contributed by atoms with Gasteiger partial charge in [-0.15, -0.1) is 0 Å². The van der Waals surface area contributed by atoms with Gasteiger partial charge in [0.1, 0.15) is 29.2 Å². The predicted octanol–water partition coefficient (Wildman–Crippen LogP) is 6.24. The van der Waals surface area contributed by atoms with Gasteiger partial charge in [-0.05, 0) is 64.0 Å². The number of nitrogens with one attached hydrogen (secondary N) is 1. The monoisotopic (exact) mass is 736 g/mol. The number of methoxy groups -OCH3 is 1. The molecule has 11 heteroatoms. The number of allylic oxidation sites excluding steroid dienone is 1. The molecular weight excluding hydrogens is 684 g/mol. The zero-order chi connectivity index (χ0) is 37.7. The largest absolute Gasteiger partial charge is 0.497 e. The van der Waals surface area contributed by atoms with E-state index in [0.29, 0.717) is 48.6 Å². The highest BCUT2D eigenvalue weighted by molar-refractivity contribution is 5.96. The van der Waals surface area contributed by atoms with E-state index in [-0.39, 0.29) is 43.7 Å². The third-order valence-corrected chi connectivity index (χ3v) is 11.5. The van der Waals surface area contributed by atoms with Crippen LogP contribution in [0.25, 0.3) is 22.2 Å². The molecule has 3 amide bonds. The van der Waals surface area contributed by atoms with Crippen LogP contribution in [0.4, 0.5) is 0 Å². The number of benzene rings is 2. The molecule has 4 heterocycles. The Morgan fingerprint density at radius 2 is 1.78 bits per heavy atom. The van der Waals surface area contributed by atoms with Crippen LogP contribution in [0, 0.1) is 11.8 Å². The van der Waals surface area contributed by atoms with Gasteiger partial charge in [0, 0.05) is 60.8 Å². The number of ether oxygens (including phenoxy) is 3. The first kappa shape index (κ1) is 37.4. The van der Waals surface area contributed by atoms with Gasteiger partial charge in [0.25, 0.3) is 0 Å². The van der Waals surface area contributed by atoms with E-state index >= 15 is 0 Å². The number of esters is 1. The minimum atomic E-state index is -1.17. The molecule has 54 heavy (non-hydrogen) atoms. The van der Waals surface area contributed by atoms with Crippen LogP contribution < -0.4 is 14.8 Å². The predicted molar refractivity (Wildman–Crippen MR) is 205 cm³/mol. The van der Waals surface area contributed by atoms with Crippen LogP contribution in [0.15, 0.2) is 66.7 Å². The molecule has 2 unspecified atom stereocenters. The van der Waals surface area contributed by atoms with E-state index in [4.69, 9.17) is 19.2 Å². The Morgan fingerprint density at radius 1 is 0.981 bits per heavy atom. The number of amides is 3. The fourth-order valence-corrected chi connectivity index (χ4v) is 8.35. The normalized spacial score (nSPS) is 26.8. The van der Waals surface area contributed by atoms with Crippen molar-refractivity contribution in [2.75, 3.05) is 33.4 Å². The van der Waals surface area contributed by atoms with E-state index in [0.717, 1.165) is 55.9 Å². The van der Waals surface area contributed by atoms with Gasteiger partial charge in [-0.25, -0.2) is 9.78 Å². The van der Waals surface area contributed by atoms with E-state index in [1.54, 1.807) is 18.9 Å². The Hall–Kier alpha value is -4.93. The number of hydrogen-bond donors (Lipinski definition) is 1. The molecule has 2 saturated heterocycles. The molecule has 1 aromatic heterocycles. The fourth-order valence-electron chi connectivity index (χ4n) is 8.35. The molecule has 286 valence electrons. The third kappa shape index (κ3) is 8.10. The van der Waals surface area contributed by atoms with Crippen LogP contribution in [-0.2, 0) is 23.9 Å². The van der Waals surface area contributed by atoms with Crippen molar-refractivity contribution in [3.8, 4) is 22.8 Å². The zero-order valence-corrected chi connectivity index (χ0v) is 31.5. The number of hydrogen-bond acceptors (Lipinski definition) is 8. The first-order valence-electron chi connectivity index (χ1n) is 19.7. The minimum Gasteiger partial charge on any atom is -0.497 e. The maximum Gasteiger partial charge on any atom is 0.332 e. The Balaban J connectivity index is 1.22. The summed E-state index contributed by atoms with van der Waals surface area (Å²) in [5.41, 5.74) is 1.15. The second-order valence-corrected chi connectivity index (χ2v) is 15.1. The summed E-state index contributed by atoms with van der Waals surface area (Å²) in [6, 6.07) is 16.5. The smallest absolute Gasteiger partial charge is 0.332 e. The van der Waals surface area contributed by atoms with Crippen LogP contribution >= 0.6 is 0 Å². The number of likely N-dealkylation sites (tertiary alicyclic amines) is 1. The lowest BCUT2D eigenvalue weighted by Crippen LogP contribution is -2.54. The summed E-state index contributed by atoms with van der Waals surface area (Å²) in [5, 5.41) is 3.84. The molecule has 3 fully saturated rings. The fraction of sp³-hybridized carbons (Fsp3) is 0.512. The molecule has 4 aliphatic rings. The SMILES string of the molecule is CCOC(=O)C12CC1/C=C\CCCCC[C@@H](CC(=O)N1CCCCC1)C(=O)N1C[C@H](Oc3cc(-c4ccccc4)nc4cc(OC)ccc34)C[C@H]1C(=O)N2. The average molecular weight is 737 g/mol. The number of piperidine rings is 1. The number of aromatic nitrogens is 1. The highest BCUT2D eigenvalue weighted by Crippen LogP contribution is 2.46. The summed E-state index contributed by atoms with van der Waals surface area (Å²) < 4.78 is 17.8. The summed E-state index contributed by atoms with van der Waals surface area (Å²) in [6.07, 6.45) is 11.4. The number of nitrogens with zero attached hydrogens (tertiary/aromatic N) is 3. The van der Waals surface area contributed by atoms with Crippen molar-refractivity contribution in [1.82, 2.24) is 20.1 Å². The van der Waals surface area contributed by atoms with Crippen molar-refractivity contribution in [3.63, 3.8) is 0 Å². The molecule has 1 aliphatic carbocycles. The topological polar surface area (TPSA) is 127 Å². The van der Waals surface area contributed by atoms with Gasteiger partial charge < -0.3 is 29.3 Å². The van der Waals surface area contributed by atoms with Crippen LogP contribution in [0.5, 0.6) is 11.5 Å². The summed E-state index contributed by atoms with van der Waals surface area (Å²) in [5.74, 6) is -0.608. The van der Waals surface area contributed by atoms with Crippen molar-refractivity contribution in [2.24, 2.45) is 11.8 Å². The van der Waals surface area contributed by atoms with Gasteiger partial charge >= 0.3 is 5.97 Å². The zero-order valence-electron chi connectivity index (χ0n) is 31.5. The van der Waals surface area contributed by atoms with Gasteiger partial charge in [-0.1, -0.05) is 55.3 Å². The lowest BCUT2D eigenvalue weighted by atomic mass is 9.94. The van der Waals surface area contributed by atoms with Crippen LogP contribution in [0.3, 0.4) is 0 Å². The number of carbonyl (C=O) groups excluding carboxylic acids is 4. The van der Waals surface area contributed by atoms with E-state index in [2.05, 4.69) is 11.4 Å². The summed E-state index contributed by atoms with van der Waals surface area (Å²) in [7, 11) is 1.61. The molecule has 11 nitrogen and oxygen atoms in total. The lowest BCUT2D eigenvalue weighted by Gasteiger charge is -2.31. The highest BCUT2D eigenvalue weighted by Gasteiger charge is 2.62.